The number of hydrogen-bond donors (Lipinski definition) is 1. The number of carbonyl (C=O) groups is 1. The van der Waals surface area contributed by atoms with Gasteiger partial charge in [-0.1, -0.05) is 0 Å². The molecule has 0 spiro atoms. The molecular formula is C18H18F3N7O. The molecule has 3 heterocycles. The number of carbonyl (C=O) groups excluding carboxylic acids is 1. The summed E-state index contributed by atoms with van der Waals surface area (Å²) in [6.45, 7) is 0.612. The third kappa shape index (κ3) is 4.13. The summed E-state index contributed by atoms with van der Waals surface area (Å²) >= 11 is 0. The largest absolute Gasteiger partial charge is 0.408 e. The fourth-order valence-electron chi connectivity index (χ4n) is 3.17. The van der Waals surface area contributed by atoms with Crippen LogP contribution in [0.1, 0.15) is 46.2 Å². The Morgan fingerprint density at radius 3 is 2.83 bits per heavy atom. The van der Waals surface area contributed by atoms with Crippen molar-refractivity contribution in [1.29, 1.82) is 0 Å². The van der Waals surface area contributed by atoms with Crippen LogP contribution in [0.4, 0.5) is 13.2 Å². The van der Waals surface area contributed by atoms with Gasteiger partial charge in [-0.2, -0.15) is 28.5 Å². The van der Waals surface area contributed by atoms with Gasteiger partial charge in [0.1, 0.15) is 12.2 Å². The molecule has 1 saturated carbocycles. The number of pyridine rings is 1. The molecule has 1 amide bonds. The third-order valence-electron chi connectivity index (χ3n) is 4.59. The van der Waals surface area contributed by atoms with Gasteiger partial charge in [-0.25, -0.2) is 10.4 Å². The van der Waals surface area contributed by atoms with Crippen molar-refractivity contribution in [2.75, 3.05) is 0 Å². The average molecular weight is 405 g/mol. The van der Waals surface area contributed by atoms with E-state index in [4.69, 9.17) is 0 Å². The number of rotatable bonds is 5. The smallest absolute Gasteiger partial charge is 0.267 e. The number of alkyl halides is 3. The molecule has 0 unspecified atom stereocenters. The number of fused-ring (bicyclic) bond motifs is 1. The summed E-state index contributed by atoms with van der Waals surface area (Å²) in [6.07, 6.45) is 0.109. The maximum atomic E-state index is 12.7. The number of nitrogens with one attached hydrogen (secondary N) is 1. The minimum Gasteiger partial charge on any atom is -0.267 e. The molecule has 1 N–H and O–H groups in total. The van der Waals surface area contributed by atoms with Crippen LogP contribution in [0.5, 0.6) is 0 Å². The van der Waals surface area contributed by atoms with Crippen LogP contribution in [0.15, 0.2) is 23.4 Å². The molecule has 4 rings (SSSR count). The van der Waals surface area contributed by atoms with E-state index in [0.29, 0.717) is 28.2 Å². The number of halogens is 3. The molecule has 11 heteroatoms. The second-order valence-electron chi connectivity index (χ2n) is 7.03. The zero-order valence-corrected chi connectivity index (χ0v) is 15.7. The lowest BCUT2D eigenvalue weighted by atomic mass is 10.1. The molecule has 0 radical (unpaired) electrons. The molecule has 8 nitrogen and oxygen atoms in total. The first-order valence-electron chi connectivity index (χ1n) is 8.99. The van der Waals surface area contributed by atoms with E-state index in [9.17, 15) is 18.0 Å². The number of amides is 1. The van der Waals surface area contributed by atoms with E-state index in [1.54, 1.807) is 24.7 Å². The van der Waals surface area contributed by atoms with Crippen LogP contribution in [0, 0.1) is 6.92 Å². The Bertz CT molecular complexity index is 1110. The fourth-order valence-corrected chi connectivity index (χ4v) is 3.17. The summed E-state index contributed by atoms with van der Waals surface area (Å²) in [4.78, 5) is 17.4. The molecule has 29 heavy (non-hydrogen) atoms. The standard InChI is InChI=1S/C18H18F3N7O/c1-10-15-13(7-14(11-3-4-11)23-16(15)27(2)25-10)17(29)24-22-8-12-5-6-28(26-12)9-18(19,20)21/h5-8,11H,3-4,9H2,1-2H3,(H,24,29). The van der Waals surface area contributed by atoms with Gasteiger partial charge in [0.05, 0.1) is 22.9 Å². The molecule has 0 aromatic carbocycles. The topological polar surface area (TPSA) is 90.0 Å². The van der Waals surface area contributed by atoms with Crippen molar-refractivity contribution < 1.29 is 18.0 Å². The van der Waals surface area contributed by atoms with Crippen molar-refractivity contribution in [3.05, 3.63) is 41.0 Å². The lowest BCUT2D eigenvalue weighted by Gasteiger charge is -2.06. The maximum Gasteiger partial charge on any atom is 0.408 e. The Kier molecular flexibility index (Phi) is 4.59. The molecule has 0 saturated heterocycles. The van der Waals surface area contributed by atoms with Gasteiger partial charge in [-0.05, 0) is 31.9 Å². The van der Waals surface area contributed by atoms with Gasteiger partial charge >= 0.3 is 6.18 Å². The highest BCUT2D eigenvalue weighted by molar-refractivity contribution is 6.06. The van der Waals surface area contributed by atoms with Crippen molar-refractivity contribution in [3.8, 4) is 0 Å². The number of hydrazone groups is 1. The minimum absolute atomic E-state index is 0.200. The zero-order valence-electron chi connectivity index (χ0n) is 15.7. The molecule has 0 bridgehead atoms. The van der Waals surface area contributed by atoms with Crippen molar-refractivity contribution >= 4 is 23.2 Å². The van der Waals surface area contributed by atoms with Crippen molar-refractivity contribution in [2.24, 2.45) is 12.1 Å². The predicted octanol–water partition coefficient (Wildman–Crippen LogP) is 2.68. The lowest BCUT2D eigenvalue weighted by Crippen LogP contribution is -2.19. The first-order chi connectivity index (χ1) is 13.7. The summed E-state index contributed by atoms with van der Waals surface area (Å²) in [5.74, 6) is -0.0939. The predicted molar refractivity (Wildman–Crippen MR) is 98.6 cm³/mol. The van der Waals surface area contributed by atoms with Gasteiger partial charge < -0.3 is 0 Å². The van der Waals surface area contributed by atoms with E-state index in [0.717, 1.165) is 23.2 Å². The van der Waals surface area contributed by atoms with Crippen LogP contribution in [0.2, 0.25) is 0 Å². The van der Waals surface area contributed by atoms with Crippen LogP contribution in [0.25, 0.3) is 11.0 Å². The van der Waals surface area contributed by atoms with Gasteiger partial charge in [0, 0.05) is 24.9 Å². The quantitative estimate of drug-likeness (QED) is 0.522. The Morgan fingerprint density at radius 2 is 2.14 bits per heavy atom. The highest BCUT2D eigenvalue weighted by Gasteiger charge is 2.29. The molecule has 0 atom stereocenters. The summed E-state index contributed by atoms with van der Waals surface area (Å²) in [5.41, 5.74) is 5.19. The Balaban J connectivity index is 1.54. The van der Waals surface area contributed by atoms with Crippen LogP contribution in [-0.2, 0) is 13.6 Å². The van der Waals surface area contributed by atoms with E-state index in [-0.39, 0.29) is 5.69 Å². The Morgan fingerprint density at radius 1 is 1.38 bits per heavy atom. The molecule has 1 aliphatic carbocycles. The molecule has 152 valence electrons. The fraction of sp³-hybridized carbons (Fsp3) is 0.389. The average Bonchev–Trinajstić information content (AvgIpc) is 3.34. The third-order valence-corrected chi connectivity index (χ3v) is 4.59. The highest BCUT2D eigenvalue weighted by atomic mass is 19.4. The van der Waals surface area contributed by atoms with Crippen LogP contribution in [0.3, 0.4) is 0 Å². The van der Waals surface area contributed by atoms with Crippen LogP contribution < -0.4 is 5.43 Å². The second-order valence-corrected chi connectivity index (χ2v) is 7.03. The lowest BCUT2D eigenvalue weighted by molar-refractivity contribution is -0.142. The SMILES string of the molecule is Cc1nn(C)c2nc(C3CC3)cc(C(=O)NN=Cc3ccn(CC(F)(F)F)n3)c12. The molecule has 3 aromatic heterocycles. The number of aromatic nitrogens is 5. The Hall–Kier alpha value is -3.24. The summed E-state index contributed by atoms with van der Waals surface area (Å²) in [6, 6.07) is 3.14. The summed E-state index contributed by atoms with van der Waals surface area (Å²) in [7, 11) is 1.77. The van der Waals surface area contributed by atoms with Gasteiger partial charge in [-0.3, -0.25) is 14.2 Å². The number of nitrogens with zero attached hydrogens (tertiary/aromatic N) is 6. The molecule has 1 fully saturated rings. The minimum atomic E-state index is -4.36. The number of aryl methyl sites for hydroxylation is 2. The first kappa shape index (κ1) is 19.1. The van der Waals surface area contributed by atoms with Gasteiger partial charge in [0.2, 0.25) is 0 Å². The first-order valence-corrected chi connectivity index (χ1v) is 8.99. The molecule has 0 aliphatic heterocycles. The van der Waals surface area contributed by atoms with E-state index in [2.05, 4.69) is 25.7 Å². The van der Waals surface area contributed by atoms with Crippen molar-refractivity contribution in [2.45, 2.75) is 38.4 Å². The monoisotopic (exact) mass is 405 g/mol. The van der Waals surface area contributed by atoms with Gasteiger partial charge in [0.15, 0.2) is 5.65 Å². The summed E-state index contributed by atoms with van der Waals surface area (Å²) < 4.78 is 39.6. The van der Waals surface area contributed by atoms with E-state index in [1.807, 2.05) is 0 Å². The normalized spacial score (nSPS) is 14.8. The highest BCUT2D eigenvalue weighted by Crippen LogP contribution is 2.40. The number of hydrogen-bond acceptors (Lipinski definition) is 5. The van der Waals surface area contributed by atoms with E-state index in [1.165, 1.54) is 18.5 Å². The van der Waals surface area contributed by atoms with Crippen molar-refractivity contribution in [3.63, 3.8) is 0 Å². The Labute approximate surface area is 163 Å². The maximum absolute atomic E-state index is 12.7. The van der Waals surface area contributed by atoms with Crippen LogP contribution >= 0.6 is 0 Å². The van der Waals surface area contributed by atoms with Gasteiger partial charge in [-0.15, -0.1) is 0 Å². The van der Waals surface area contributed by atoms with Crippen LogP contribution in [-0.4, -0.2) is 42.8 Å². The van der Waals surface area contributed by atoms with Gasteiger partial charge in [0.25, 0.3) is 5.91 Å². The summed E-state index contributed by atoms with van der Waals surface area (Å²) in [5, 5.41) is 12.6. The molecule has 1 aliphatic rings. The van der Waals surface area contributed by atoms with Crippen molar-refractivity contribution in [1.82, 2.24) is 30.0 Å². The molecule has 3 aromatic rings. The van der Waals surface area contributed by atoms with E-state index < -0.39 is 18.6 Å². The molecular weight excluding hydrogens is 387 g/mol. The zero-order chi connectivity index (χ0) is 20.8. The van der Waals surface area contributed by atoms with E-state index >= 15 is 0 Å². The second kappa shape index (κ2) is 6.98.